The van der Waals surface area contributed by atoms with E-state index in [9.17, 15) is 8.42 Å². The number of nitrogens with zero attached hydrogens (tertiary/aromatic N) is 3. The van der Waals surface area contributed by atoms with Crippen molar-refractivity contribution in [3.8, 4) is 0 Å². The molecule has 0 bridgehead atoms. The molecule has 2 heterocycles. The number of aromatic nitrogens is 2. The first-order valence-electron chi connectivity index (χ1n) is 5.58. The summed E-state index contributed by atoms with van der Waals surface area (Å²) in [7, 11) is -1.56. The zero-order valence-electron chi connectivity index (χ0n) is 9.70. The van der Waals surface area contributed by atoms with Crippen LogP contribution in [0.15, 0.2) is 23.6 Å². The highest BCUT2D eigenvalue weighted by molar-refractivity contribution is 7.89. The normalized spacial score (nSPS) is 19.4. The SMILES string of the molecule is CNC1CCN(S(=O)(=O)c2cnccn2)CC1. The van der Waals surface area contributed by atoms with Crippen molar-refractivity contribution in [2.24, 2.45) is 0 Å². The van der Waals surface area contributed by atoms with Crippen LogP contribution in [0.1, 0.15) is 12.8 Å². The fourth-order valence-corrected chi connectivity index (χ4v) is 3.28. The molecule has 94 valence electrons. The molecule has 1 aromatic heterocycles. The van der Waals surface area contributed by atoms with Crippen molar-refractivity contribution < 1.29 is 8.42 Å². The van der Waals surface area contributed by atoms with E-state index in [1.807, 2.05) is 7.05 Å². The Morgan fingerprint density at radius 2 is 2.06 bits per heavy atom. The Balaban J connectivity index is 2.13. The maximum atomic E-state index is 12.2. The molecule has 0 aliphatic carbocycles. The van der Waals surface area contributed by atoms with Crippen LogP contribution in [0, 0.1) is 0 Å². The Morgan fingerprint density at radius 1 is 1.35 bits per heavy atom. The first-order valence-corrected chi connectivity index (χ1v) is 7.02. The number of rotatable bonds is 3. The molecule has 17 heavy (non-hydrogen) atoms. The predicted octanol–water partition coefficient (Wildman–Crippen LogP) is -0.151. The second kappa shape index (κ2) is 5.07. The van der Waals surface area contributed by atoms with E-state index in [-0.39, 0.29) is 5.03 Å². The molecule has 0 radical (unpaired) electrons. The smallest absolute Gasteiger partial charge is 0.262 e. The zero-order chi connectivity index (χ0) is 12.3. The maximum Gasteiger partial charge on any atom is 0.262 e. The van der Waals surface area contributed by atoms with E-state index in [0.717, 1.165) is 12.8 Å². The monoisotopic (exact) mass is 256 g/mol. The van der Waals surface area contributed by atoms with Gasteiger partial charge in [-0.05, 0) is 19.9 Å². The highest BCUT2D eigenvalue weighted by Crippen LogP contribution is 2.18. The fourth-order valence-electron chi connectivity index (χ4n) is 1.94. The lowest BCUT2D eigenvalue weighted by molar-refractivity contribution is 0.297. The molecule has 0 spiro atoms. The number of piperidine rings is 1. The van der Waals surface area contributed by atoms with Crippen LogP contribution < -0.4 is 5.32 Å². The molecule has 0 atom stereocenters. The van der Waals surface area contributed by atoms with Crippen LogP contribution in [0.3, 0.4) is 0 Å². The van der Waals surface area contributed by atoms with Crippen LogP contribution in [0.2, 0.25) is 0 Å². The molecule has 1 aromatic rings. The van der Waals surface area contributed by atoms with Crippen molar-refractivity contribution in [2.75, 3.05) is 20.1 Å². The molecule has 2 rings (SSSR count). The van der Waals surface area contributed by atoms with Gasteiger partial charge in [0.15, 0.2) is 5.03 Å². The van der Waals surface area contributed by atoms with Crippen LogP contribution >= 0.6 is 0 Å². The topological polar surface area (TPSA) is 75.2 Å². The van der Waals surface area contributed by atoms with E-state index in [4.69, 9.17) is 0 Å². The molecular weight excluding hydrogens is 240 g/mol. The highest BCUT2D eigenvalue weighted by atomic mass is 32.2. The molecule has 7 heteroatoms. The van der Waals surface area contributed by atoms with Crippen LogP contribution in [-0.2, 0) is 10.0 Å². The van der Waals surface area contributed by atoms with Gasteiger partial charge < -0.3 is 5.32 Å². The lowest BCUT2D eigenvalue weighted by atomic mass is 10.1. The molecule has 1 aliphatic rings. The Morgan fingerprint density at radius 3 is 2.59 bits per heavy atom. The summed E-state index contributed by atoms with van der Waals surface area (Å²) in [4.78, 5) is 7.65. The molecule has 6 nitrogen and oxygen atoms in total. The first kappa shape index (κ1) is 12.4. The molecular formula is C10H16N4O2S. The third kappa shape index (κ3) is 2.62. The lowest BCUT2D eigenvalue weighted by Crippen LogP contribution is -2.44. The number of sulfonamides is 1. The Labute approximate surface area is 101 Å². The lowest BCUT2D eigenvalue weighted by Gasteiger charge is -2.30. The summed E-state index contributed by atoms with van der Waals surface area (Å²) < 4.78 is 25.8. The third-order valence-electron chi connectivity index (χ3n) is 3.01. The summed E-state index contributed by atoms with van der Waals surface area (Å²) in [6.45, 7) is 1.06. The minimum Gasteiger partial charge on any atom is -0.317 e. The van der Waals surface area contributed by atoms with E-state index in [1.165, 1.54) is 22.9 Å². The van der Waals surface area contributed by atoms with Gasteiger partial charge in [0.25, 0.3) is 10.0 Å². The van der Waals surface area contributed by atoms with Crippen LogP contribution in [0.25, 0.3) is 0 Å². The Hall–Kier alpha value is -1.05. The van der Waals surface area contributed by atoms with Gasteiger partial charge in [-0.25, -0.2) is 13.4 Å². The van der Waals surface area contributed by atoms with Gasteiger partial charge in [-0.3, -0.25) is 4.98 Å². The molecule has 0 aromatic carbocycles. The predicted molar refractivity (Wildman–Crippen MR) is 62.9 cm³/mol. The Bertz CT molecular complexity index is 454. The van der Waals surface area contributed by atoms with Gasteiger partial charge in [0, 0.05) is 31.5 Å². The second-order valence-corrected chi connectivity index (χ2v) is 5.90. The molecule has 1 aliphatic heterocycles. The van der Waals surface area contributed by atoms with E-state index in [1.54, 1.807) is 0 Å². The average molecular weight is 256 g/mol. The van der Waals surface area contributed by atoms with E-state index in [0.29, 0.717) is 19.1 Å². The second-order valence-electron chi connectivity index (χ2n) is 4.01. The van der Waals surface area contributed by atoms with Crippen molar-refractivity contribution in [2.45, 2.75) is 23.9 Å². The molecule has 1 fully saturated rings. The molecule has 1 N–H and O–H groups in total. The summed E-state index contributed by atoms with van der Waals surface area (Å²) in [6.07, 6.45) is 5.81. The van der Waals surface area contributed by atoms with E-state index >= 15 is 0 Å². The van der Waals surface area contributed by atoms with Crippen LogP contribution in [0.4, 0.5) is 0 Å². The quantitative estimate of drug-likeness (QED) is 0.814. The average Bonchev–Trinajstić information content (AvgIpc) is 2.40. The highest BCUT2D eigenvalue weighted by Gasteiger charge is 2.29. The molecule has 0 unspecified atom stereocenters. The van der Waals surface area contributed by atoms with Gasteiger partial charge in [0.1, 0.15) is 0 Å². The van der Waals surface area contributed by atoms with Crippen molar-refractivity contribution in [1.29, 1.82) is 0 Å². The van der Waals surface area contributed by atoms with Gasteiger partial charge in [-0.1, -0.05) is 0 Å². The van der Waals surface area contributed by atoms with Crippen LogP contribution in [0.5, 0.6) is 0 Å². The number of nitrogens with one attached hydrogen (secondary N) is 1. The van der Waals surface area contributed by atoms with Gasteiger partial charge in [-0.2, -0.15) is 4.31 Å². The van der Waals surface area contributed by atoms with Gasteiger partial charge in [0.2, 0.25) is 0 Å². The van der Waals surface area contributed by atoms with Crippen LogP contribution in [-0.4, -0.2) is 48.9 Å². The third-order valence-corrected chi connectivity index (χ3v) is 4.79. The fraction of sp³-hybridized carbons (Fsp3) is 0.600. The van der Waals surface area contributed by atoms with Gasteiger partial charge >= 0.3 is 0 Å². The maximum absolute atomic E-state index is 12.2. The minimum atomic E-state index is -3.46. The Kier molecular flexibility index (Phi) is 3.70. The molecule has 0 saturated carbocycles. The number of hydrogen-bond acceptors (Lipinski definition) is 5. The van der Waals surface area contributed by atoms with Crippen molar-refractivity contribution in [1.82, 2.24) is 19.6 Å². The minimum absolute atomic E-state index is 0.0305. The largest absolute Gasteiger partial charge is 0.317 e. The summed E-state index contributed by atoms with van der Waals surface area (Å²) >= 11 is 0. The van der Waals surface area contributed by atoms with Gasteiger partial charge in [-0.15, -0.1) is 0 Å². The summed E-state index contributed by atoms with van der Waals surface area (Å²) in [5.41, 5.74) is 0. The van der Waals surface area contributed by atoms with Crippen molar-refractivity contribution in [3.05, 3.63) is 18.6 Å². The summed E-state index contributed by atoms with van der Waals surface area (Å²) in [5.74, 6) is 0. The van der Waals surface area contributed by atoms with Crippen molar-refractivity contribution >= 4 is 10.0 Å². The number of hydrogen-bond donors (Lipinski definition) is 1. The first-order chi connectivity index (χ1) is 8.14. The van der Waals surface area contributed by atoms with E-state index in [2.05, 4.69) is 15.3 Å². The summed E-state index contributed by atoms with van der Waals surface area (Å²) in [6, 6.07) is 0.406. The zero-order valence-corrected chi connectivity index (χ0v) is 10.5. The summed E-state index contributed by atoms with van der Waals surface area (Å²) in [5, 5.41) is 3.20. The molecule has 0 amide bonds. The standard InChI is InChI=1S/C10H16N4O2S/c1-11-9-2-6-14(7-3-9)17(15,16)10-8-12-4-5-13-10/h4-5,8-9,11H,2-3,6-7H2,1H3. The van der Waals surface area contributed by atoms with Crippen molar-refractivity contribution in [3.63, 3.8) is 0 Å². The van der Waals surface area contributed by atoms with E-state index < -0.39 is 10.0 Å². The molecule has 1 saturated heterocycles. The van der Waals surface area contributed by atoms with Gasteiger partial charge in [0.05, 0.1) is 6.20 Å².